The third kappa shape index (κ3) is 5.34. The number of nitrogens with one attached hydrogen (secondary N) is 1. The molecule has 2 heterocycles. The van der Waals surface area contributed by atoms with Gasteiger partial charge in [-0.2, -0.15) is 0 Å². The van der Waals surface area contributed by atoms with E-state index in [1.54, 1.807) is 21.3 Å². The molecular weight excluding hydrogens is 454 g/mol. The summed E-state index contributed by atoms with van der Waals surface area (Å²) in [6, 6.07) is 14.9. The molecule has 3 aromatic rings. The molecule has 0 unspecified atom stereocenters. The van der Waals surface area contributed by atoms with Crippen LogP contribution in [0.1, 0.15) is 19.8 Å². The van der Waals surface area contributed by atoms with Crippen LogP contribution in [0.2, 0.25) is 5.02 Å². The lowest BCUT2D eigenvalue weighted by molar-refractivity contribution is -0.133. The predicted molar refractivity (Wildman–Crippen MR) is 134 cm³/mol. The molecule has 0 aliphatic carbocycles. The first-order chi connectivity index (χ1) is 16.5. The van der Waals surface area contributed by atoms with Gasteiger partial charge in [-0.25, -0.2) is 4.79 Å². The summed E-state index contributed by atoms with van der Waals surface area (Å²) in [6.07, 6.45) is 1.14. The number of rotatable bonds is 8. The average molecular weight is 484 g/mol. The fraction of sp³-hybridized carbons (Fsp3) is 0.400. The molecular formula is C25H30ClN5O3. The van der Waals surface area contributed by atoms with Crippen molar-refractivity contribution in [2.24, 2.45) is 0 Å². The Hall–Kier alpha value is -3.10. The second kappa shape index (κ2) is 10.9. The van der Waals surface area contributed by atoms with Crippen molar-refractivity contribution in [3.05, 3.63) is 64.0 Å². The molecule has 0 radical (unpaired) electrons. The molecule has 1 saturated heterocycles. The number of aryl methyl sites for hydroxylation is 2. The summed E-state index contributed by atoms with van der Waals surface area (Å²) >= 11 is 6.10. The van der Waals surface area contributed by atoms with Gasteiger partial charge in [0.1, 0.15) is 0 Å². The highest BCUT2D eigenvalue weighted by Crippen LogP contribution is 2.20. The Kier molecular flexibility index (Phi) is 7.70. The number of benzene rings is 2. The minimum Gasteiger partial charge on any atom is -0.340 e. The number of para-hydroxylation sites is 3. The maximum atomic E-state index is 12.9. The summed E-state index contributed by atoms with van der Waals surface area (Å²) in [5.41, 5.74) is 2.30. The van der Waals surface area contributed by atoms with Crippen LogP contribution in [0.15, 0.2) is 53.3 Å². The van der Waals surface area contributed by atoms with Crippen molar-refractivity contribution in [2.45, 2.75) is 32.9 Å². The molecule has 1 aliphatic heterocycles. The van der Waals surface area contributed by atoms with Crippen LogP contribution in [0.3, 0.4) is 0 Å². The number of halogens is 1. The smallest absolute Gasteiger partial charge is 0.329 e. The summed E-state index contributed by atoms with van der Waals surface area (Å²) in [6.45, 7) is 5.67. The summed E-state index contributed by atoms with van der Waals surface area (Å²) in [7, 11) is 0. The highest BCUT2D eigenvalue weighted by Gasteiger charge is 2.23. The topological polar surface area (TPSA) is 79.6 Å². The van der Waals surface area contributed by atoms with Gasteiger partial charge in [0.2, 0.25) is 11.8 Å². The van der Waals surface area contributed by atoms with Crippen molar-refractivity contribution in [3.8, 4) is 0 Å². The Morgan fingerprint density at radius 3 is 2.18 bits per heavy atom. The van der Waals surface area contributed by atoms with Crippen LogP contribution in [0.25, 0.3) is 11.0 Å². The normalized spacial score (nSPS) is 14.5. The Labute approximate surface area is 203 Å². The molecule has 180 valence electrons. The van der Waals surface area contributed by atoms with Crippen molar-refractivity contribution in [3.63, 3.8) is 0 Å². The molecule has 9 heteroatoms. The fourth-order valence-corrected chi connectivity index (χ4v) is 4.59. The maximum absolute atomic E-state index is 12.9. The number of piperazine rings is 1. The third-order valence-corrected chi connectivity index (χ3v) is 6.49. The van der Waals surface area contributed by atoms with Crippen molar-refractivity contribution in [1.29, 1.82) is 0 Å². The van der Waals surface area contributed by atoms with Gasteiger partial charge in [0.05, 0.1) is 28.3 Å². The monoisotopic (exact) mass is 483 g/mol. The number of imidazole rings is 1. The average Bonchev–Trinajstić information content (AvgIpc) is 3.10. The first-order valence-electron chi connectivity index (χ1n) is 11.7. The third-order valence-electron chi connectivity index (χ3n) is 6.16. The summed E-state index contributed by atoms with van der Waals surface area (Å²) in [5, 5.41) is 3.34. The van der Waals surface area contributed by atoms with Crippen molar-refractivity contribution in [2.75, 3.05) is 38.0 Å². The maximum Gasteiger partial charge on any atom is 0.329 e. The minimum absolute atomic E-state index is 0.0272. The number of hydrogen-bond donors (Lipinski definition) is 1. The van der Waals surface area contributed by atoms with Crippen molar-refractivity contribution in [1.82, 2.24) is 18.9 Å². The van der Waals surface area contributed by atoms with Gasteiger partial charge < -0.3 is 10.2 Å². The van der Waals surface area contributed by atoms with E-state index in [1.165, 1.54) is 0 Å². The Bertz CT molecular complexity index is 1230. The van der Waals surface area contributed by atoms with E-state index in [2.05, 4.69) is 5.32 Å². The zero-order valence-corrected chi connectivity index (χ0v) is 20.1. The molecule has 0 saturated carbocycles. The molecule has 1 fully saturated rings. The highest BCUT2D eigenvalue weighted by atomic mass is 35.5. The molecule has 0 atom stereocenters. The van der Waals surface area contributed by atoms with Crippen molar-refractivity contribution >= 4 is 40.1 Å². The van der Waals surface area contributed by atoms with Crippen LogP contribution in [0, 0.1) is 0 Å². The Morgan fingerprint density at radius 1 is 0.912 bits per heavy atom. The molecule has 1 aliphatic rings. The predicted octanol–water partition coefficient (Wildman–Crippen LogP) is 3.04. The zero-order chi connectivity index (χ0) is 24.1. The molecule has 1 aromatic heterocycles. The van der Waals surface area contributed by atoms with Gasteiger partial charge in [-0.1, -0.05) is 42.8 Å². The lowest BCUT2D eigenvalue weighted by Crippen LogP contribution is -2.50. The van der Waals surface area contributed by atoms with Gasteiger partial charge in [-0.15, -0.1) is 0 Å². The van der Waals surface area contributed by atoms with Crippen LogP contribution in [0.5, 0.6) is 0 Å². The van der Waals surface area contributed by atoms with E-state index in [0.717, 1.165) is 17.5 Å². The zero-order valence-electron chi connectivity index (χ0n) is 19.4. The molecule has 2 amide bonds. The standard InChI is InChI=1S/C25H30ClN5O3/c1-2-12-30-21-9-5-6-10-22(21)31(25(30)34)13-11-24(33)29-16-14-28(15-17-29)18-23(32)27-20-8-4-3-7-19(20)26/h3-10H,2,11-18H2,1H3,(H,27,32). The molecule has 4 rings (SSSR count). The van der Waals surface area contributed by atoms with E-state index in [-0.39, 0.29) is 30.5 Å². The largest absolute Gasteiger partial charge is 0.340 e. The number of aromatic nitrogens is 2. The quantitative estimate of drug-likeness (QED) is 0.534. The van der Waals surface area contributed by atoms with Gasteiger partial charge >= 0.3 is 5.69 Å². The van der Waals surface area contributed by atoms with Gasteiger partial charge in [0.25, 0.3) is 0 Å². The van der Waals surface area contributed by atoms with Crippen LogP contribution >= 0.6 is 11.6 Å². The molecule has 1 N–H and O–H groups in total. The summed E-state index contributed by atoms with van der Waals surface area (Å²) < 4.78 is 3.49. The van der Waals surface area contributed by atoms with E-state index in [9.17, 15) is 14.4 Å². The molecule has 34 heavy (non-hydrogen) atoms. The molecule has 0 bridgehead atoms. The number of carbonyl (C=O) groups excluding carboxylic acids is 2. The fourth-order valence-electron chi connectivity index (χ4n) is 4.40. The van der Waals surface area contributed by atoms with Crippen LogP contribution in [-0.2, 0) is 22.7 Å². The number of anilines is 1. The van der Waals surface area contributed by atoms with E-state index >= 15 is 0 Å². The number of carbonyl (C=O) groups is 2. The number of fused-ring (bicyclic) bond motifs is 1. The van der Waals surface area contributed by atoms with Gasteiger partial charge in [0, 0.05) is 45.7 Å². The second-order valence-corrected chi connectivity index (χ2v) is 8.92. The highest BCUT2D eigenvalue weighted by molar-refractivity contribution is 6.33. The van der Waals surface area contributed by atoms with E-state index in [4.69, 9.17) is 11.6 Å². The van der Waals surface area contributed by atoms with Gasteiger partial charge in [-0.3, -0.25) is 23.6 Å². The SMILES string of the molecule is CCCn1c(=O)n(CCC(=O)N2CCN(CC(=O)Nc3ccccc3Cl)CC2)c2ccccc21. The van der Waals surface area contributed by atoms with E-state index in [0.29, 0.717) is 50.0 Å². The van der Waals surface area contributed by atoms with E-state index in [1.807, 2.05) is 53.1 Å². The Morgan fingerprint density at radius 2 is 1.53 bits per heavy atom. The lowest BCUT2D eigenvalue weighted by Gasteiger charge is -2.34. The Balaban J connectivity index is 1.29. The van der Waals surface area contributed by atoms with E-state index < -0.39 is 0 Å². The van der Waals surface area contributed by atoms with Gasteiger partial charge in [-0.05, 0) is 30.7 Å². The minimum atomic E-state index is -0.129. The molecule has 0 spiro atoms. The molecule has 2 aromatic carbocycles. The van der Waals surface area contributed by atoms with Crippen LogP contribution in [-0.4, -0.2) is 63.5 Å². The first-order valence-corrected chi connectivity index (χ1v) is 12.1. The summed E-state index contributed by atoms with van der Waals surface area (Å²) in [5.74, 6) is -0.102. The second-order valence-electron chi connectivity index (χ2n) is 8.51. The number of hydrogen-bond acceptors (Lipinski definition) is 4. The summed E-state index contributed by atoms with van der Waals surface area (Å²) in [4.78, 5) is 42.0. The number of nitrogens with zero attached hydrogens (tertiary/aromatic N) is 4. The van der Waals surface area contributed by atoms with Gasteiger partial charge in [0.15, 0.2) is 0 Å². The van der Waals surface area contributed by atoms with Crippen LogP contribution < -0.4 is 11.0 Å². The number of amides is 2. The first kappa shape index (κ1) is 24.0. The van der Waals surface area contributed by atoms with Crippen LogP contribution in [0.4, 0.5) is 5.69 Å². The molecule has 8 nitrogen and oxygen atoms in total. The van der Waals surface area contributed by atoms with Crippen molar-refractivity contribution < 1.29 is 9.59 Å². The lowest BCUT2D eigenvalue weighted by atomic mass is 10.2.